The van der Waals surface area contributed by atoms with Gasteiger partial charge in [-0.15, -0.1) is 0 Å². The van der Waals surface area contributed by atoms with Crippen LogP contribution >= 0.6 is 0 Å². The summed E-state index contributed by atoms with van der Waals surface area (Å²) < 4.78 is 2.26. The van der Waals surface area contributed by atoms with Crippen molar-refractivity contribution in [2.75, 3.05) is 39.0 Å². The molecule has 2 amide bonds. The largest absolute Gasteiger partial charge is 0.335 e. The lowest BCUT2D eigenvalue weighted by molar-refractivity contribution is 0.190. The minimum Gasteiger partial charge on any atom is -0.335 e. The normalized spacial score (nSPS) is 17.3. The number of anilines is 1. The maximum absolute atomic E-state index is 12.7. The van der Waals surface area contributed by atoms with Gasteiger partial charge in [0.1, 0.15) is 5.82 Å². The summed E-state index contributed by atoms with van der Waals surface area (Å²) in [5.41, 5.74) is 1.96. The number of urea groups is 1. The number of aromatic nitrogens is 2. The molecule has 0 saturated carbocycles. The lowest BCUT2D eigenvalue weighted by Gasteiger charge is -2.33. The lowest BCUT2D eigenvalue weighted by Crippen LogP contribution is -2.42. The predicted molar refractivity (Wildman–Crippen MR) is 109 cm³/mol. The Kier molecular flexibility index (Phi) is 6.50. The molecule has 27 heavy (non-hydrogen) atoms. The second-order valence-electron chi connectivity index (χ2n) is 7.67. The number of hydrogen-bond donors (Lipinski definition) is 1. The van der Waals surface area contributed by atoms with Gasteiger partial charge in [-0.05, 0) is 58.5 Å². The van der Waals surface area contributed by atoms with E-state index in [1.165, 1.54) is 0 Å². The van der Waals surface area contributed by atoms with Gasteiger partial charge in [0, 0.05) is 43.6 Å². The third-order valence-corrected chi connectivity index (χ3v) is 5.21. The Morgan fingerprint density at radius 3 is 2.93 bits per heavy atom. The van der Waals surface area contributed by atoms with E-state index in [0.717, 1.165) is 62.5 Å². The SMILES string of the molecule is Cc1ccccc1NC(=O)N1CCC[C@@H](c2nccn2CCCN(C)C)C1. The van der Waals surface area contributed by atoms with E-state index < -0.39 is 0 Å². The first-order valence-electron chi connectivity index (χ1n) is 9.82. The number of carbonyl (C=O) groups excluding carboxylic acids is 1. The van der Waals surface area contributed by atoms with Gasteiger partial charge in [0.05, 0.1) is 0 Å². The number of benzene rings is 1. The lowest BCUT2D eigenvalue weighted by atomic mass is 9.97. The fraction of sp³-hybridized carbons (Fsp3) is 0.524. The minimum absolute atomic E-state index is 0.0142. The van der Waals surface area contributed by atoms with E-state index in [0.29, 0.717) is 5.92 Å². The maximum Gasteiger partial charge on any atom is 0.321 e. The van der Waals surface area contributed by atoms with Crippen molar-refractivity contribution in [1.82, 2.24) is 19.4 Å². The second-order valence-corrected chi connectivity index (χ2v) is 7.67. The number of piperidine rings is 1. The number of carbonyl (C=O) groups is 1. The van der Waals surface area contributed by atoms with Crippen molar-refractivity contribution >= 4 is 11.7 Å². The fourth-order valence-corrected chi connectivity index (χ4v) is 3.71. The number of nitrogens with one attached hydrogen (secondary N) is 1. The van der Waals surface area contributed by atoms with Crippen molar-refractivity contribution in [2.24, 2.45) is 0 Å². The van der Waals surface area contributed by atoms with Crippen LogP contribution in [0.5, 0.6) is 0 Å². The molecule has 0 spiro atoms. The van der Waals surface area contributed by atoms with Gasteiger partial charge in [-0.3, -0.25) is 0 Å². The van der Waals surface area contributed by atoms with Crippen molar-refractivity contribution in [3.63, 3.8) is 0 Å². The molecule has 1 N–H and O–H groups in total. The summed E-state index contributed by atoms with van der Waals surface area (Å²) in [7, 11) is 4.20. The first kappa shape index (κ1) is 19.4. The van der Waals surface area contributed by atoms with E-state index in [9.17, 15) is 4.79 Å². The molecule has 1 aliphatic heterocycles. The molecule has 2 aromatic rings. The van der Waals surface area contributed by atoms with E-state index in [4.69, 9.17) is 0 Å². The van der Waals surface area contributed by atoms with Gasteiger partial charge in [0.2, 0.25) is 0 Å². The van der Waals surface area contributed by atoms with E-state index in [2.05, 4.69) is 40.1 Å². The molecule has 6 heteroatoms. The molecule has 1 aromatic heterocycles. The van der Waals surface area contributed by atoms with Crippen LogP contribution < -0.4 is 5.32 Å². The highest BCUT2D eigenvalue weighted by atomic mass is 16.2. The number of para-hydroxylation sites is 1. The highest BCUT2D eigenvalue weighted by Gasteiger charge is 2.27. The molecule has 0 unspecified atom stereocenters. The Bertz CT molecular complexity index is 755. The van der Waals surface area contributed by atoms with Crippen molar-refractivity contribution < 1.29 is 4.79 Å². The van der Waals surface area contributed by atoms with Crippen molar-refractivity contribution in [3.05, 3.63) is 48.0 Å². The molecular weight excluding hydrogens is 338 g/mol. The van der Waals surface area contributed by atoms with Crippen LogP contribution in [0.4, 0.5) is 10.5 Å². The van der Waals surface area contributed by atoms with Gasteiger partial charge < -0.3 is 19.7 Å². The summed E-state index contributed by atoms with van der Waals surface area (Å²) in [6, 6.07) is 7.88. The van der Waals surface area contributed by atoms with Crippen molar-refractivity contribution in [2.45, 2.75) is 38.6 Å². The third kappa shape index (κ3) is 5.10. The van der Waals surface area contributed by atoms with E-state index >= 15 is 0 Å². The molecule has 1 saturated heterocycles. The third-order valence-electron chi connectivity index (χ3n) is 5.21. The average Bonchev–Trinajstić information content (AvgIpc) is 3.12. The molecule has 1 aromatic carbocycles. The van der Waals surface area contributed by atoms with Gasteiger partial charge in [-0.1, -0.05) is 18.2 Å². The first-order chi connectivity index (χ1) is 13.0. The molecule has 1 aliphatic rings. The van der Waals surface area contributed by atoms with Gasteiger partial charge in [-0.2, -0.15) is 0 Å². The van der Waals surface area contributed by atoms with Gasteiger partial charge in [-0.25, -0.2) is 9.78 Å². The summed E-state index contributed by atoms with van der Waals surface area (Å²) in [5, 5.41) is 3.06. The highest BCUT2D eigenvalue weighted by molar-refractivity contribution is 5.90. The summed E-state index contributed by atoms with van der Waals surface area (Å²) in [6.07, 6.45) is 7.14. The number of hydrogen-bond acceptors (Lipinski definition) is 3. The maximum atomic E-state index is 12.7. The summed E-state index contributed by atoms with van der Waals surface area (Å²) in [6.45, 7) is 5.57. The Hall–Kier alpha value is -2.34. The quantitative estimate of drug-likeness (QED) is 0.847. The molecule has 1 atom stereocenters. The Balaban J connectivity index is 1.62. The number of amides is 2. The van der Waals surface area contributed by atoms with Crippen LogP contribution in [0.1, 0.15) is 36.6 Å². The zero-order valence-electron chi connectivity index (χ0n) is 16.7. The van der Waals surface area contributed by atoms with Crippen LogP contribution in [0.3, 0.4) is 0 Å². The summed E-state index contributed by atoms with van der Waals surface area (Å²) >= 11 is 0. The Morgan fingerprint density at radius 1 is 1.33 bits per heavy atom. The van der Waals surface area contributed by atoms with E-state index in [1.54, 1.807) is 0 Å². The number of rotatable bonds is 6. The topological polar surface area (TPSA) is 53.4 Å². The number of aryl methyl sites for hydroxylation is 2. The fourth-order valence-electron chi connectivity index (χ4n) is 3.71. The van der Waals surface area contributed by atoms with Crippen LogP contribution in [0.2, 0.25) is 0 Å². The standard InChI is InChI=1S/C21H31N5O/c1-17-8-4-5-10-19(17)23-21(27)26-13-6-9-18(16-26)20-22-11-15-25(20)14-7-12-24(2)3/h4-5,8,10-11,15,18H,6-7,9,12-14,16H2,1-3H3,(H,23,27)/t18-/m1/s1. The first-order valence-corrected chi connectivity index (χ1v) is 9.82. The molecule has 1 fully saturated rings. The van der Waals surface area contributed by atoms with Gasteiger partial charge >= 0.3 is 6.03 Å². The van der Waals surface area contributed by atoms with Crippen LogP contribution in [0.15, 0.2) is 36.7 Å². The monoisotopic (exact) mass is 369 g/mol. The van der Waals surface area contributed by atoms with Crippen molar-refractivity contribution in [3.8, 4) is 0 Å². The van der Waals surface area contributed by atoms with Crippen LogP contribution in [0.25, 0.3) is 0 Å². The molecule has 2 heterocycles. The predicted octanol–water partition coefficient (Wildman–Crippen LogP) is 3.55. The molecule has 0 radical (unpaired) electrons. The smallest absolute Gasteiger partial charge is 0.321 e. The van der Waals surface area contributed by atoms with E-state index in [1.807, 2.05) is 42.3 Å². The zero-order chi connectivity index (χ0) is 19.2. The Labute approximate surface area is 162 Å². The molecule has 3 rings (SSSR count). The molecule has 146 valence electrons. The van der Waals surface area contributed by atoms with Crippen LogP contribution in [-0.2, 0) is 6.54 Å². The number of imidazole rings is 1. The number of nitrogens with zero attached hydrogens (tertiary/aromatic N) is 4. The highest BCUT2D eigenvalue weighted by Crippen LogP contribution is 2.26. The molecular formula is C21H31N5O. The van der Waals surface area contributed by atoms with Gasteiger partial charge in [0.15, 0.2) is 0 Å². The molecule has 0 bridgehead atoms. The second kappa shape index (κ2) is 9.04. The average molecular weight is 370 g/mol. The molecule has 0 aliphatic carbocycles. The summed E-state index contributed by atoms with van der Waals surface area (Å²) in [4.78, 5) is 21.5. The van der Waals surface area contributed by atoms with Crippen LogP contribution in [0, 0.1) is 6.92 Å². The number of likely N-dealkylation sites (tertiary alicyclic amines) is 1. The minimum atomic E-state index is -0.0142. The molecule has 6 nitrogen and oxygen atoms in total. The van der Waals surface area contributed by atoms with E-state index in [-0.39, 0.29) is 6.03 Å². The van der Waals surface area contributed by atoms with Crippen LogP contribution in [-0.4, -0.2) is 59.1 Å². The summed E-state index contributed by atoms with van der Waals surface area (Å²) in [5.74, 6) is 1.41. The Morgan fingerprint density at radius 2 is 2.15 bits per heavy atom. The zero-order valence-corrected chi connectivity index (χ0v) is 16.7. The van der Waals surface area contributed by atoms with Gasteiger partial charge in [0.25, 0.3) is 0 Å². The van der Waals surface area contributed by atoms with Crippen molar-refractivity contribution in [1.29, 1.82) is 0 Å².